The molecule has 144 valence electrons. The van der Waals surface area contributed by atoms with Crippen molar-refractivity contribution in [1.82, 2.24) is 10.3 Å². The van der Waals surface area contributed by atoms with Crippen LogP contribution in [0, 0.1) is 0 Å². The molecule has 2 N–H and O–H groups in total. The van der Waals surface area contributed by atoms with Crippen molar-refractivity contribution in [3.8, 4) is 5.75 Å². The van der Waals surface area contributed by atoms with E-state index in [0.29, 0.717) is 11.3 Å². The van der Waals surface area contributed by atoms with Crippen molar-refractivity contribution in [3.63, 3.8) is 0 Å². The number of rotatable bonds is 4. The molecule has 3 aromatic rings. The highest BCUT2D eigenvalue weighted by Crippen LogP contribution is 2.29. The lowest BCUT2D eigenvalue weighted by Gasteiger charge is -2.23. The summed E-state index contributed by atoms with van der Waals surface area (Å²) in [6.07, 6.45) is 1.89. The maximum absolute atomic E-state index is 12.6. The van der Waals surface area contributed by atoms with E-state index in [-0.39, 0.29) is 18.6 Å². The second-order valence-corrected chi connectivity index (χ2v) is 6.85. The number of carbonyl (C=O) groups is 2. The van der Waals surface area contributed by atoms with Gasteiger partial charge in [-0.2, -0.15) is 0 Å². The van der Waals surface area contributed by atoms with E-state index < -0.39 is 6.16 Å². The molecule has 0 aliphatic heterocycles. The number of ether oxygens (including phenoxy) is 2. The number of hydrogen-bond acceptors (Lipinski definition) is 4. The summed E-state index contributed by atoms with van der Waals surface area (Å²) in [6, 6.07) is 14.8. The molecule has 1 heterocycles. The third-order valence-electron chi connectivity index (χ3n) is 5.01. The van der Waals surface area contributed by atoms with Crippen LogP contribution in [0.25, 0.3) is 10.9 Å². The van der Waals surface area contributed by atoms with Gasteiger partial charge in [-0.3, -0.25) is 4.79 Å². The lowest BCUT2D eigenvalue weighted by Crippen LogP contribution is -2.38. The largest absolute Gasteiger partial charge is 0.513 e. The summed E-state index contributed by atoms with van der Waals surface area (Å²) in [5, 5.41) is 4.39. The first-order valence-electron chi connectivity index (χ1n) is 9.48. The average Bonchev–Trinajstić information content (AvgIpc) is 3.06. The summed E-state index contributed by atoms with van der Waals surface area (Å²) in [5.74, 6) is 0.211. The lowest BCUT2D eigenvalue weighted by atomic mass is 9.91. The van der Waals surface area contributed by atoms with E-state index in [4.69, 9.17) is 9.47 Å². The molecular formula is C22H22N2O4. The number of para-hydroxylation sites is 1. The number of aryl methyl sites for hydroxylation is 1. The molecule has 1 aromatic heterocycles. The first-order chi connectivity index (χ1) is 13.6. The van der Waals surface area contributed by atoms with E-state index in [1.807, 2.05) is 6.07 Å². The zero-order valence-electron chi connectivity index (χ0n) is 15.7. The van der Waals surface area contributed by atoms with Gasteiger partial charge in [-0.1, -0.05) is 18.2 Å². The van der Waals surface area contributed by atoms with Crippen molar-refractivity contribution < 1.29 is 19.1 Å². The summed E-state index contributed by atoms with van der Waals surface area (Å²) in [5.41, 5.74) is 4.24. The second kappa shape index (κ2) is 7.76. The Labute approximate surface area is 162 Å². The molecule has 28 heavy (non-hydrogen) atoms. The summed E-state index contributed by atoms with van der Waals surface area (Å²) < 4.78 is 9.74. The fraction of sp³-hybridized carbons (Fsp3) is 0.273. The first-order valence-corrected chi connectivity index (χ1v) is 9.48. The molecule has 2 aromatic carbocycles. The summed E-state index contributed by atoms with van der Waals surface area (Å²) in [6.45, 7) is 1.96. The number of amides is 1. The Kier molecular flexibility index (Phi) is 5.02. The molecule has 1 amide bonds. The molecule has 1 aliphatic rings. The highest BCUT2D eigenvalue weighted by molar-refractivity contribution is 5.94. The van der Waals surface area contributed by atoms with Crippen LogP contribution in [-0.4, -0.2) is 29.7 Å². The average molecular weight is 378 g/mol. The minimum atomic E-state index is -0.754. The van der Waals surface area contributed by atoms with Gasteiger partial charge in [-0.25, -0.2) is 4.79 Å². The van der Waals surface area contributed by atoms with Gasteiger partial charge in [-0.15, -0.1) is 0 Å². The molecule has 6 heteroatoms. The number of fused-ring (bicyclic) bond motifs is 3. The van der Waals surface area contributed by atoms with Crippen LogP contribution in [0.3, 0.4) is 0 Å². The molecular weight excluding hydrogens is 356 g/mol. The number of carbonyl (C=O) groups excluding carboxylic acids is 2. The number of aromatic amines is 1. The number of H-pyrrole nitrogens is 1. The highest BCUT2D eigenvalue weighted by atomic mass is 16.7. The molecule has 1 unspecified atom stereocenters. The summed E-state index contributed by atoms with van der Waals surface area (Å²) >= 11 is 0. The quantitative estimate of drug-likeness (QED) is 0.531. The van der Waals surface area contributed by atoms with Crippen LogP contribution in [0.15, 0.2) is 48.5 Å². The van der Waals surface area contributed by atoms with E-state index >= 15 is 0 Å². The van der Waals surface area contributed by atoms with Crippen LogP contribution in [0.1, 0.15) is 35.0 Å². The van der Waals surface area contributed by atoms with Crippen LogP contribution < -0.4 is 10.1 Å². The summed E-state index contributed by atoms with van der Waals surface area (Å²) in [4.78, 5) is 27.4. The third-order valence-corrected chi connectivity index (χ3v) is 5.01. The zero-order valence-corrected chi connectivity index (χ0v) is 15.7. The highest BCUT2D eigenvalue weighted by Gasteiger charge is 2.23. The van der Waals surface area contributed by atoms with Crippen molar-refractivity contribution in [2.45, 2.75) is 32.2 Å². The topological polar surface area (TPSA) is 80.4 Å². The normalized spacial score (nSPS) is 15.7. The minimum Gasteiger partial charge on any atom is -0.434 e. The maximum Gasteiger partial charge on any atom is 0.513 e. The Morgan fingerprint density at radius 1 is 1.14 bits per heavy atom. The second-order valence-electron chi connectivity index (χ2n) is 6.85. The van der Waals surface area contributed by atoms with Crippen LogP contribution in [0.2, 0.25) is 0 Å². The van der Waals surface area contributed by atoms with Gasteiger partial charge in [0.25, 0.3) is 5.91 Å². The maximum atomic E-state index is 12.6. The molecule has 1 aliphatic carbocycles. The van der Waals surface area contributed by atoms with Crippen LogP contribution in [0.5, 0.6) is 5.75 Å². The first kappa shape index (κ1) is 18.1. The van der Waals surface area contributed by atoms with Gasteiger partial charge in [0.1, 0.15) is 5.75 Å². The smallest absolute Gasteiger partial charge is 0.434 e. The molecule has 0 spiro atoms. The van der Waals surface area contributed by atoms with E-state index in [1.165, 1.54) is 16.6 Å². The van der Waals surface area contributed by atoms with Crippen molar-refractivity contribution >= 4 is 23.0 Å². The van der Waals surface area contributed by atoms with Crippen LogP contribution >= 0.6 is 0 Å². The Balaban J connectivity index is 1.39. The third kappa shape index (κ3) is 3.71. The Bertz CT molecular complexity index is 1010. The van der Waals surface area contributed by atoms with E-state index in [2.05, 4.69) is 28.5 Å². The molecule has 0 radical (unpaired) electrons. The molecule has 0 fully saturated rings. The predicted octanol–water partition coefficient (Wildman–Crippen LogP) is 3.99. The van der Waals surface area contributed by atoms with Gasteiger partial charge in [0.2, 0.25) is 0 Å². The van der Waals surface area contributed by atoms with E-state index in [9.17, 15) is 9.59 Å². The van der Waals surface area contributed by atoms with Crippen LogP contribution in [0.4, 0.5) is 4.79 Å². The zero-order chi connectivity index (χ0) is 19.5. The minimum absolute atomic E-state index is 0.0866. The number of aromatic nitrogens is 1. The van der Waals surface area contributed by atoms with Crippen molar-refractivity contribution in [3.05, 3.63) is 65.4 Å². The van der Waals surface area contributed by atoms with Crippen molar-refractivity contribution in [2.75, 3.05) is 6.61 Å². The molecule has 0 saturated heterocycles. The van der Waals surface area contributed by atoms with Gasteiger partial charge in [0.15, 0.2) is 0 Å². The van der Waals surface area contributed by atoms with Gasteiger partial charge in [0, 0.05) is 34.6 Å². The van der Waals surface area contributed by atoms with Gasteiger partial charge >= 0.3 is 6.16 Å². The Morgan fingerprint density at radius 3 is 2.71 bits per heavy atom. The molecule has 4 rings (SSSR count). The van der Waals surface area contributed by atoms with Gasteiger partial charge < -0.3 is 19.8 Å². The predicted molar refractivity (Wildman–Crippen MR) is 106 cm³/mol. The molecule has 0 bridgehead atoms. The van der Waals surface area contributed by atoms with Crippen molar-refractivity contribution in [2.24, 2.45) is 0 Å². The lowest BCUT2D eigenvalue weighted by molar-refractivity contribution is 0.0933. The standard InChI is InChI=1S/C22H22N2O4/c1-2-27-22(26)28-16-10-7-14(8-11-16)21(25)23-15-9-12-18-17-5-3-4-6-19(17)24-20(18)13-15/h3-8,10-11,15,24H,2,9,12-13H2,1H3,(H,23,25). The molecule has 1 atom stereocenters. The Morgan fingerprint density at radius 2 is 1.93 bits per heavy atom. The SMILES string of the molecule is CCOC(=O)Oc1ccc(C(=O)NC2CCc3c([nH]c4ccccc34)C2)cc1. The summed E-state index contributed by atoms with van der Waals surface area (Å²) in [7, 11) is 0. The molecule has 6 nitrogen and oxygen atoms in total. The fourth-order valence-electron chi connectivity index (χ4n) is 3.69. The van der Waals surface area contributed by atoms with Gasteiger partial charge in [-0.05, 0) is 55.7 Å². The van der Waals surface area contributed by atoms with E-state index in [0.717, 1.165) is 24.8 Å². The van der Waals surface area contributed by atoms with E-state index in [1.54, 1.807) is 31.2 Å². The fourth-order valence-corrected chi connectivity index (χ4v) is 3.69. The van der Waals surface area contributed by atoms with Crippen LogP contribution in [-0.2, 0) is 17.6 Å². The van der Waals surface area contributed by atoms with Gasteiger partial charge in [0.05, 0.1) is 6.61 Å². The monoisotopic (exact) mass is 378 g/mol. The Hall–Kier alpha value is -3.28. The van der Waals surface area contributed by atoms with Crippen molar-refractivity contribution in [1.29, 1.82) is 0 Å². The number of benzene rings is 2. The number of nitrogens with one attached hydrogen (secondary N) is 2. The number of hydrogen-bond donors (Lipinski definition) is 2. The molecule has 0 saturated carbocycles.